The molecule has 0 N–H and O–H groups in total. The van der Waals surface area contributed by atoms with E-state index in [2.05, 4.69) is 0 Å². The number of nitrogens with zero attached hydrogens (tertiary/aromatic N) is 1. The number of carbonyl (C=O) groups is 4. The predicted molar refractivity (Wildman–Crippen MR) is 77.6 cm³/mol. The van der Waals surface area contributed by atoms with Crippen LogP contribution in [0, 0.1) is 0 Å². The Morgan fingerprint density at radius 2 is 1.42 bits per heavy atom. The smallest absolute Gasteiger partial charge is 0.550 e. The third-order valence-corrected chi connectivity index (χ3v) is 2.09. The molecule has 0 saturated carbocycles. The van der Waals surface area contributed by atoms with E-state index < -0.39 is 24.0 Å². The topological polar surface area (TPSA) is 147 Å². The summed E-state index contributed by atoms with van der Waals surface area (Å²) < 4.78 is 5.55. The fraction of sp³-hybridized carbons (Fsp3) is 0.571. The molecular weight excluding hydrogens is 334 g/mol. The zero-order chi connectivity index (χ0) is 18.6. The van der Waals surface area contributed by atoms with Gasteiger partial charge in [-0.25, -0.2) is 0 Å². The minimum Gasteiger partial charge on any atom is -0.550 e. The van der Waals surface area contributed by atoms with Gasteiger partial charge in [0.25, 0.3) is 0 Å². The Labute approximate surface area is 156 Å². The molecule has 132 valence electrons. The first kappa shape index (κ1) is 27.2. The second-order valence-corrected chi connectivity index (χ2v) is 5.49. The summed E-state index contributed by atoms with van der Waals surface area (Å²) in [7, 11) is 5.71. The molecule has 10 heteroatoms. The number of likely N-dealkylation sites (N-methyl/N-ethyl adjacent to an activating group) is 1. The molecule has 0 bridgehead atoms. The molecule has 0 aliphatic rings. The fourth-order valence-corrected chi connectivity index (χ4v) is 1.35. The van der Waals surface area contributed by atoms with Crippen molar-refractivity contribution in [2.24, 2.45) is 0 Å². The number of hydrogen-bond acceptors (Lipinski definition) is 8. The van der Waals surface area contributed by atoms with Crippen LogP contribution in [0.3, 0.4) is 0 Å². The standard InChI is InChI=1S/C10H19NO4.C4H4O4.Mg/c1-5-10(14)15-8(6-9(12)13)7-11(2,3)4;5-3(6)1-2-4(7)8;/h8H,5-7H2,1-4H3;1-2H,(H,5,6)(H,7,8);/q;;+2/p-2/b;2-1+;. The monoisotopic (exact) mass is 355 g/mol. The molecule has 1 atom stereocenters. The number of carbonyl (C=O) groups excluding carboxylic acids is 4. The average Bonchev–Trinajstić information content (AvgIpc) is 2.34. The molecule has 1 unspecified atom stereocenters. The summed E-state index contributed by atoms with van der Waals surface area (Å²) >= 11 is 0. The van der Waals surface area contributed by atoms with Crippen LogP contribution in [0.2, 0.25) is 0 Å². The van der Waals surface area contributed by atoms with E-state index in [4.69, 9.17) is 4.74 Å². The molecule has 0 aromatic carbocycles. The van der Waals surface area contributed by atoms with Crippen LogP contribution in [-0.2, 0) is 23.9 Å². The fourth-order valence-electron chi connectivity index (χ4n) is 1.35. The molecule has 9 nitrogen and oxygen atoms in total. The van der Waals surface area contributed by atoms with E-state index in [1.807, 2.05) is 21.1 Å². The van der Waals surface area contributed by atoms with Crippen LogP contribution in [0.25, 0.3) is 0 Å². The quantitative estimate of drug-likeness (QED) is 0.184. The number of carboxylic acid groups (broad SMARTS) is 3. The first-order valence-electron chi connectivity index (χ1n) is 6.67. The third kappa shape index (κ3) is 22.6. The molecule has 0 aliphatic carbocycles. The van der Waals surface area contributed by atoms with Crippen LogP contribution in [0.1, 0.15) is 19.8 Å². The largest absolute Gasteiger partial charge is 2.00 e. The normalized spacial score (nSPS) is 11.5. The maximum absolute atomic E-state index is 11.0. The summed E-state index contributed by atoms with van der Waals surface area (Å²) in [5, 5.41) is 29.3. The van der Waals surface area contributed by atoms with Crippen molar-refractivity contribution in [1.29, 1.82) is 0 Å². The van der Waals surface area contributed by atoms with Crippen molar-refractivity contribution in [1.82, 2.24) is 0 Å². The van der Waals surface area contributed by atoms with Crippen molar-refractivity contribution >= 4 is 46.9 Å². The summed E-state index contributed by atoms with van der Waals surface area (Å²) in [6.45, 7) is 2.13. The minimum absolute atomic E-state index is 0. The van der Waals surface area contributed by atoms with Crippen molar-refractivity contribution in [3.05, 3.63) is 12.2 Å². The Hall–Kier alpha value is -1.65. The SMILES string of the molecule is CCC(=O)OC(CC(=O)[O-])C[N+](C)(C)C.O=C([O-])/C=C/C(=O)[O-].[Mg+2]. The second kappa shape index (κ2) is 13.8. The zero-order valence-corrected chi connectivity index (χ0v) is 15.7. The molecule has 0 fully saturated rings. The van der Waals surface area contributed by atoms with Crippen molar-refractivity contribution < 1.29 is 43.7 Å². The van der Waals surface area contributed by atoms with Gasteiger partial charge in [-0.15, -0.1) is 0 Å². The van der Waals surface area contributed by atoms with Gasteiger partial charge in [0.2, 0.25) is 0 Å². The van der Waals surface area contributed by atoms with Crippen LogP contribution in [0.4, 0.5) is 0 Å². The molecule has 0 aliphatic heterocycles. The summed E-state index contributed by atoms with van der Waals surface area (Å²) in [6.07, 6.45) is 0.162. The van der Waals surface area contributed by atoms with Gasteiger partial charge in [-0.1, -0.05) is 6.92 Å². The van der Waals surface area contributed by atoms with Crippen LogP contribution >= 0.6 is 0 Å². The summed E-state index contributed by atoms with van der Waals surface area (Å²) in [6, 6.07) is 0. The molecule has 0 radical (unpaired) electrons. The Bertz CT molecular complexity index is 440. The van der Waals surface area contributed by atoms with Crippen molar-refractivity contribution in [2.45, 2.75) is 25.9 Å². The molecule has 0 aromatic rings. The molecule has 0 spiro atoms. The average molecular weight is 356 g/mol. The number of hydrogen-bond donors (Lipinski definition) is 0. The van der Waals surface area contributed by atoms with E-state index >= 15 is 0 Å². The number of quaternary nitrogens is 1. The zero-order valence-electron chi connectivity index (χ0n) is 14.3. The van der Waals surface area contributed by atoms with E-state index in [0.29, 0.717) is 23.2 Å². The predicted octanol–water partition coefficient (Wildman–Crippen LogP) is -4.18. The Balaban J connectivity index is -0.000000419. The molecule has 24 heavy (non-hydrogen) atoms. The molecule has 0 amide bonds. The third-order valence-electron chi connectivity index (χ3n) is 2.09. The number of esters is 1. The summed E-state index contributed by atoms with van der Waals surface area (Å²) in [5.41, 5.74) is 0. The van der Waals surface area contributed by atoms with Crippen molar-refractivity contribution in [3.8, 4) is 0 Å². The van der Waals surface area contributed by atoms with Gasteiger partial charge in [-0.05, 0) is 12.2 Å². The molecule has 0 heterocycles. The van der Waals surface area contributed by atoms with E-state index in [1.54, 1.807) is 6.92 Å². The number of carboxylic acids is 3. The number of rotatable bonds is 8. The van der Waals surface area contributed by atoms with Crippen LogP contribution < -0.4 is 15.3 Å². The van der Waals surface area contributed by atoms with Gasteiger partial charge in [0.05, 0.1) is 33.1 Å². The molecule has 0 saturated heterocycles. The molecular formula is C14H21MgNO8. The van der Waals surface area contributed by atoms with Crippen LogP contribution in [0.15, 0.2) is 12.2 Å². The number of ether oxygens (including phenoxy) is 1. The van der Waals surface area contributed by atoms with Gasteiger partial charge in [-0.2, -0.15) is 0 Å². The van der Waals surface area contributed by atoms with Gasteiger partial charge < -0.3 is 38.9 Å². The summed E-state index contributed by atoms with van der Waals surface area (Å²) in [5.74, 6) is -4.67. The Morgan fingerprint density at radius 3 is 1.67 bits per heavy atom. The maximum Gasteiger partial charge on any atom is 2.00 e. The van der Waals surface area contributed by atoms with Gasteiger partial charge >= 0.3 is 29.0 Å². The van der Waals surface area contributed by atoms with Crippen molar-refractivity contribution in [2.75, 3.05) is 27.7 Å². The van der Waals surface area contributed by atoms with Gasteiger partial charge in [0.15, 0.2) is 6.10 Å². The van der Waals surface area contributed by atoms with Gasteiger partial charge in [-0.3, -0.25) is 4.79 Å². The maximum atomic E-state index is 11.0. The van der Waals surface area contributed by atoms with E-state index in [9.17, 15) is 34.5 Å². The Morgan fingerprint density at radius 1 is 1.00 bits per heavy atom. The van der Waals surface area contributed by atoms with E-state index in [1.165, 1.54) is 0 Å². The molecule has 0 rings (SSSR count). The number of aliphatic carboxylic acids is 3. The second-order valence-electron chi connectivity index (χ2n) is 5.49. The van der Waals surface area contributed by atoms with Crippen LogP contribution in [-0.4, -0.2) is 85.2 Å². The van der Waals surface area contributed by atoms with Crippen LogP contribution in [0.5, 0.6) is 0 Å². The minimum atomic E-state index is -1.55. The van der Waals surface area contributed by atoms with E-state index in [0.717, 1.165) is 0 Å². The summed E-state index contributed by atoms with van der Waals surface area (Å²) in [4.78, 5) is 40.3. The molecule has 0 aromatic heterocycles. The first-order valence-corrected chi connectivity index (χ1v) is 6.67. The van der Waals surface area contributed by atoms with Crippen molar-refractivity contribution in [3.63, 3.8) is 0 Å². The van der Waals surface area contributed by atoms with Gasteiger partial charge in [0.1, 0.15) is 6.54 Å². The van der Waals surface area contributed by atoms with E-state index in [-0.39, 0.29) is 41.9 Å². The van der Waals surface area contributed by atoms with Gasteiger partial charge in [0, 0.05) is 18.8 Å². The Kier molecular flexibility index (Phi) is 15.6. The first-order chi connectivity index (χ1) is 10.4.